The summed E-state index contributed by atoms with van der Waals surface area (Å²) in [6, 6.07) is 24.0. The third kappa shape index (κ3) is 6.86. The van der Waals surface area contributed by atoms with Gasteiger partial charge in [0.05, 0.1) is 23.4 Å². The Bertz CT molecular complexity index is 1670. The van der Waals surface area contributed by atoms with Gasteiger partial charge in [0, 0.05) is 33.8 Å². The van der Waals surface area contributed by atoms with E-state index in [1.54, 1.807) is 12.1 Å². The van der Waals surface area contributed by atoms with Gasteiger partial charge in [0.1, 0.15) is 41.8 Å². The van der Waals surface area contributed by atoms with Gasteiger partial charge >= 0.3 is 5.97 Å². The fraction of sp³-hybridized carbons (Fsp3) is 0.167. The molecule has 5 aromatic rings. The van der Waals surface area contributed by atoms with Crippen molar-refractivity contribution < 1.29 is 24.5 Å². The van der Waals surface area contributed by atoms with Crippen LogP contribution in [0.2, 0.25) is 5.02 Å². The molecule has 0 saturated carbocycles. The van der Waals surface area contributed by atoms with Gasteiger partial charge in [0.15, 0.2) is 0 Å². The van der Waals surface area contributed by atoms with E-state index in [-0.39, 0.29) is 19.8 Å². The molecule has 3 N–H and O–H groups in total. The second-order valence-electron chi connectivity index (χ2n) is 9.12. The highest BCUT2D eigenvalue weighted by Crippen LogP contribution is 2.36. The zero-order valence-corrected chi connectivity index (χ0v) is 24.7. The molecule has 0 aliphatic rings. The first kappa shape index (κ1) is 29.0. The molecule has 41 heavy (non-hydrogen) atoms. The highest BCUT2D eigenvalue weighted by atomic mass is 79.9. The van der Waals surface area contributed by atoms with Gasteiger partial charge in [-0.05, 0) is 39.2 Å². The Labute approximate surface area is 254 Å². The number of halogens is 2. The Balaban J connectivity index is 1.40. The lowest BCUT2D eigenvalue weighted by Crippen LogP contribution is -2.39. The summed E-state index contributed by atoms with van der Waals surface area (Å²) in [6.07, 6.45) is 0. The van der Waals surface area contributed by atoms with Gasteiger partial charge in [-0.3, -0.25) is 10.1 Å². The molecule has 0 spiro atoms. The average Bonchev–Trinajstić information content (AvgIpc) is 3.47. The molecule has 0 aliphatic carbocycles. The second-order valence-corrected chi connectivity index (χ2v) is 10.8. The number of hydrogen-bond donors (Lipinski definition) is 3. The molecule has 5 rings (SSSR count). The number of hydrogen-bond acceptors (Lipinski definition) is 8. The zero-order valence-electron chi connectivity index (χ0n) is 21.6. The lowest BCUT2D eigenvalue weighted by atomic mass is 10.0. The van der Waals surface area contributed by atoms with Gasteiger partial charge in [-0.15, -0.1) is 0 Å². The minimum absolute atomic E-state index is 0.0972. The number of fused-ring (bicyclic) bond motifs is 1. The number of aliphatic hydroxyl groups is 1. The Morgan fingerprint density at radius 3 is 2.44 bits per heavy atom. The number of aromatic nitrogens is 2. The first-order chi connectivity index (χ1) is 19.9. The number of ether oxygens (including phenoxy) is 2. The van der Waals surface area contributed by atoms with Gasteiger partial charge in [-0.25, -0.2) is 0 Å². The Hall–Kier alpha value is -3.54. The fourth-order valence-corrected chi connectivity index (χ4v) is 5.66. The van der Waals surface area contributed by atoms with Gasteiger partial charge < -0.3 is 19.7 Å². The van der Waals surface area contributed by atoms with Gasteiger partial charge in [-0.1, -0.05) is 72.3 Å². The number of carbonyl (C=O) groups is 1. The van der Waals surface area contributed by atoms with Crippen LogP contribution in [-0.2, 0) is 24.6 Å². The topological polar surface area (TPSA) is 114 Å². The summed E-state index contributed by atoms with van der Waals surface area (Å²) >= 11 is 11.5. The van der Waals surface area contributed by atoms with Crippen LogP contribution >= 0.6 is 39.3 Å². The summed E-state index contributed by atoms with van der Waals surface area (Å²) in [4.78, 5) is 11.4. The molecule has 0 aliphatic heterocycles. The number of nitrogens with one attached hydrogen (secondary N) is 1. The third-order valence-electron chi connectivity index (χ3n) is 6.43. The molecular formula is C30H25BrClN3O5S. The molecule has 1 atom stereocenters. The number of nitrogens with zero attached hydrogens (tertiary/aromatic N) is 2. The first-order valence-corrected chi connectivity index (χ1v) is 14.5. The van der Waals surface area contributed by atoms with E-state index in [2.05, 4.69) is 30.0 Å². The standard InChI is InChI=1S/C30H25BrClN3O5S/c31-28-19(8-4-10-22(28)18-6-2-1-3-7-18)16-40-27-13-26(21(12-23(27)32)14-33-25(15-36)30(37)38)39-17-20-9-5-11-24-29(20)35-41-34-24/h1-13,25,33,36H,14-17H2,(H,37,38). The lowest BCUT2D eigenvalue weighted by molar-refractivity contribution is -0.140. The number of carboxylic acid groups (broad SMARTS) is 1. The van der Waals surface area contributed by atoms with Gasteiger partial charge in [0.2, 0.25) is 0 Å². The SMILES string of the molecule is O=C(O)C(CO)NCc1cc(Cl)c(OCc2cccc(-c3ccccc3)c2Br)cc1OCc1cccc2nsnc12. The molecule has 1 aromatic heterocycles. The Kier molecular flexibility index (Phi) is 9.48. The number of carboxylic acids is 1. The summed E-state index contributed by atoms with van der Waals surface area (Å²) < 4.78 is 22.0. The normalized spacial score (nSPS) is 11.9. The van der Waals surface area contributed by atoms with Crippen molar-refractivity contribution in [1.29, 1.82) is 0 Å². The average molecular weight is 655 g/mol. The number of aliphatic hydroxyl groups excluding tert-OH is 1. The van der Waals surface area contributed by atoms with Crippen LogP contribution < -0.4 is 14.8 Å². The lowest BCUT2D eigenvalue weighted by Gasteiger charge is -2.18. The van der Waals surface area contributed by atoms with Gasteiger partial charge in [0.25, 0.3) is 0 Å². The molecule has 0 bridgehead atoms. The van der Waals surface area contributed by atoms with E-state index in [0.29, 0.717) is 22.1 Å². The van der Waals surface area contributed by atoms with E-state index >= 15 is 0 Å². The summed E-state index contributed by atoms with van der Waals surface area (Å²) in [5.41, 5.74) is 6.08. The van der Waals surface area contributed by atoms with Crippen molar-refractivity contribution in [2.24, 2.45) is 0 Å². The maximum Gasteiger partial charge on any atom is 0.323 e. The smallest absolute Gasteiger partial charge is 0.323 e. The number of rotatable bonds is 12. The molecule has 0 radical (unpaired) electrons. The molecule has 11 heteroatoms. The van der Waals surface area contributed by atoms with Crippen molar-refractivity contribution in [2.45, 2.75) is 25.8 Å². The molecule has 0 amide bonds. The number of aliphatic carboxylic acids is 1. The van der Waals surface area contributed by atoms with Crippen LogP contribution in [0, 0.1) is 0 Å². The molecule has 210 valence electrons. The van der Waals surface area contributed by atoms with Crippen molar-refractivity contribution in [1.82, 2.24) is 14.1 Å². The third-order valence-corrected chi connectivity index (χ3v) is 8.21. The van der Waals surface area contributed by atoms with E-state index in [1.165, 1.54) is 0 Å². The van der Waals surface area contributed by atoms with Crippen LogP contribution in [0.1, 0.15) is 16.7 Å². The Morgan fingerprint density at radius 1 is 0.927 bits per heavy atom. The molecule has 1 heterocycles. The highest BCUT2D eigenvalue weighted by Gasteiger charge is 2.19. The molecule has 8 nitrogen and oxygen atoms in total. The van der Waals surface area contributed by atoms with Crippen LogP contribution in [0.25, 0.3) is 22.2 Å². The molecule has 0 fully saturated rings. The molecule has 1 unspecified atom stereocenters. The second kappa shape index (κ2) is 13.4. The van der Waals surface area contributed by atoms with E-state index in [1.807, 2.05) is 66.7 Å². The van der Waals surface area contributed by atoms with Crippen molar-refractivity contribution >= 4 is 56.3 Å². The molecule has 0 saturated heterocycles. The maximum atomic E-state index is 11.4. The quantitative estimate of drug-likeness (QED) is 0.140. The number of benzene rings is 4. The zero-order chi connectivity index (χ0) is 28.8. The van der Waals surface area contributed by atoms with Crippen molar-refractivity contribution in [3.63, 3.8) is 0 Å². The predicted molar refractivity (Wildman–Crippen MR) is 162 cm³/mol. The minimum Gasteiger partial charge on any atom is -0.488 e. The summed E-state index contributed by atoms with van der Waals surface area (Å²) in [5, 5.41) is 21.9. The monoisotopic (exact) mass is 653 g/mol. The van der Waals surface area contributed by atoms with Crippen LogP contribution in [0.4, 0.5) is 0 Å². The summed E-state index contributed by atoms with van der Waals surface area (Å²) in [5.74, 6) is -0.295. The van der Waals surface area contributed by atoms with Crippen LogP contribution in [-0.4, -0.2) is 37.6 Å². The largest absolute Gasteiger partial charge is 0.488 e. The van der Waals surface area contributed by atoms with Crippen LogP contribution in [0.5, 0.6) is 11.5 Å². The van der Waals surface area contributed by atoms with Crippen molar-refractivity contribution in [2.75, 3.05) is 6.61 Å². The van der Waals surface area contributed by atoms with E-state index in [0.717, 1.165) is 49.5 Å². The van der Waals surface area contributed by atoms with Crippen LogP contribution in [0.3, 0.4) is 0 Å². The Morgan fingerprint density at radius 2 is 1.66 bits per heavy atom. The maximum absolute atomic E-state index is 11.4. The molecular weight excluding hydrogens is 630 g/mol. The van der Waals surface area contributed by atoms with Crippen molar-refractivity contribution in [3.8, 4) is 22.6 Å². The van der Waals surface area contributed by atoms with Gasteiger partial charge in [-0.2, -0.15) is 8.75 Å². The molecule has 4 aromatic carbocycles. The summed E-state index contributed by atoms with van der Waals surface area (Å²) in [6.45, 7) is -0.0204. The predicted octanol–water partition coefficient (Wildman–Crippen LogP) is 6.47. The summed E-state index contributed by atoms with van der Waals surface area (Å²) in [7, 11) is 0. The minimum atomic E-state index is -1.16. The van der Waals surface area contributed by atoms with E-state index in [9.17, 15) is 15.0 Å². The fourth-order valence-electron chi connectivity index (χ4n) is 4.24. The van der Waals surface area contributed by atoms with Crippen molar-refractivity contribution in [3.05, 3.63) is 105 Å². The first-order valence-electron chi connectivity index (χ1n) is 12.6. The van der Waals surface area contributed by atoms with E-state index < -0.39 is 18.6 Å². The van der Waals surface area contributed by atoms with E-state index in [4.69, 9.17) is 21.1 Å². The van der Waals surface area contributed by atoms with Crippen LogP contribution in [0.15, 0.2) is 83.3 Å². The highest BCUT2D eigenvalue weighted by molar-refractivity contribution is 9.10.